The Morgan fingerprint density at radius 2 is 1.53 bits per heavy atom. The highest BCUT2D eigenvalue weighted by Crippen LogP contribution is 2.33. The standard InChI is InChI=1S/C27H30FNO3/c1-27(2,3)20-9-6-18(7-10-20)24(30)17-23(29-22-13-11-21(28)12-14-22)19-8-15-25(31-4)26(16-19)32-5/h6-16,23,29H,17H2,1-5H3/t23-/m0/s1. The van der Waals surface area contributed by atoms with E-state index in [0.29, 0.717) is 17.1 Å². The summed E-state index contributed by atoms with van der Waals surface area (Å²) in [6.45, 7) is 6.43. The van der Waals surface area contributed by atoms with E-state index in [9.17, 15) is 9.18 Å². The number of ketones is 1. The van der Waals surface area contributed by atoms with E-state index in [2.05, 4.69) is 26.1 Å². The van der Waals surface area contributed by atoms with Crippen molar-refractivity contribution >= 4 is 11.5 Å². The summed E-state index contributed by atoms with van der Waals surface area (Å²) in [5.41, 5.74) is 3.45. The number of hydrogen-bond donors (Lipinski definition) is 1. The number of nitrogens with one attached hydrogen (secondary N) is 1. The van der Waals surface area contributed by atoms with E-state index >= 15 is 0 Å². The summed E-state index contributed by atoms with van der Waals surface area (Å²) in [7, 11) is 3.16. The molecule has 32 heavy (non-hydrogen) atoms. The van der Waals surface area contributed by atoms with Crippen molar-refractivity contribution in [3.05, 3.63) is 89.2 Å². The van der Waals surface area contributed by atoms with Gasteiger partial charge in [-0.3, -0.25) is 4.79 Å². The van der Waals surface area contributed by atoms with E-state index in [1.54, 1.807) is 26.4 Å². The Hall–Kier alpha value is -3.34. The summed E-state index contributed by atoms with van der Waals surface area (Å²) in [5.74, 6) is 0.895. The highest BCUT2D eigenvalue weighted by Gasteiger charge is 2.20. The Morgan fingerprint density at radius 1 is 0.906 bits per heavy atom. The van der Waals surface area contributed by atoms with Crippen LogP contribution >= 0.6 is 0 Å². The molecule has 3 aromatic rings. The Balaban J connectivity index is 1.90. The van der Waals surface area contributed by atoms with Crippen molar-refractivity contribution in [1.29, 1.82) is 0 Å². The van der Waals surface area contributed by atoms with Crippen molar-refractivity contribution in [2.45, 2.75) is 38.6 Å². The normalized spacial score (nSPS) is 12.2. The first-order valence-corrected chi connectivity index (χ1v) is 10.6. The Labute approximate surface area is 189 Å². The Bertz CT molecular complexity index is 1050. The number of carbonyl (C=O) groups excluding carboxylic acids is 1. The zero-order valence-electron chi connectivity index (χ0n) is 19.2. The van der Waals surface area contributed by atoms with Crippen LogP contribution in [0.1, 0.15) is 54.7 Å². The third-order valence-electron chi connectivity index (χ3n) is 5.46. The molecule has 0 bridgehead atoms. The molecule has 1 N–H and O–H groups in total. The average Bonchev–Trinajstić information content (AvgIpc) is 2.79. The highest BCUT2D eigenvalue weighted by atomic mass is 19.1. The van der Waals surface area contributed by atoms with Gasteiger partial charge in [-0.2, -0.15) is 0 Å². The van der Waals surface area contributed by atoms with Crippen molar-refractivity contribution in [2.24, 2.45) is 0 Å². The number of ether oxygens (including phenoxy) is 2. The molecule has 0 saturated heterocycles. The van der Waals surface area contributed by atoms with Crippen molar-refractivity contribution in [3.8, 4) is 11.5 Å². The topological polar surface area (TPSA) is 47.6 Å². The van der Waals surface area contributed by atoms with Gasteiger partial charge in [0.2, 0.25) is 0 Å². The van der Waals surface area contributed by atoms with Gasteiger partial charge in [0.15, 0.2) is 17.3 Å². The van der Waals surface area contributed by atoms with Crippen LogP contribution in [0, 0.1) is 5.82 Å². The molecule has 168 valence electrons. The van der Waals surface area contributed by atoms with Crippen molar-refractivity contribution in [2.75, 3.05) is 19.5 Å². The molecular formula is C27H30FNO3. The van der Waals surface area contributed by atoms with Crippen LogP contribution < -0.4 is 14.8 Å². The number of halogens is 1. The number of benzene rings is 3. The number of anilines is 1. The smallest absolute Gasteiger partial charge is 0.165 e. The van der Waals surface area contributed by atoms with Crippen LogP contribution in [-0.2, 0) is 5.41 Å². The van der Waals surface area contributed by atoms with Gasteiger partial charge in [-0.1, -0.05) is 51.1 Å². The molecule has 5 heteroatoms. The lowest BCUT2D eigenvalue weighted by Gasteiger charge is -2.22. The summed E-state index contributed by atoms with van der Waals surface area (Å²) in [4.78, 5) is 13.2. The second-order valence-corrected chi connectivity index (χ2v) is 8.77. The lowest BCUT2D eigenvalue weighted by molar-refractivity contribution is 0.0976. The van der Waals surface area contributed by atoms with Crippen LogP contribution in [0.25, 0.3) is 0 Å². The molecule has 3 aromatic carbocycles. The van der Waals surface area contributed by atoms with E-state index in [4.69, 9.17) is 9.47 Å². The predicted molar refractivity (Wildman–Crippen MR) is 126 cm³/mol. The molecule has 0 aliphatic carbocycles. The van der Waals surface area contributed by atoms with Gasteiger partial charge in [0, 0.05) is 17.7 Å². The van der Waals surface area contributed by atoms with E-state index < -0.39 is 0 Å². The minimum absolute atomic E-state index is 0.0138. The molecule has 0 radical (unpaired) electrons. The van der Waals surface area contributed by atoms with Crippen LogP contribution in [0.5, 0.6) is 11.5 Å². The lowest BCUT2D eigenvalue weighted by atomic mass is 9.86. The summed E-state index contributed by atoms with van der Waals surface area (Å²) in [6, 6.07) is 19.1. The lowest BCUT2D eigenvalue weighted by Crippen LogP contribution is -2.16. The fourth-order valence-corrected chi connectivity index (χ4v) is 3.53. The predicted octanol–water partition coefficient (Wildman–Crippen LogP) is 6.57. The minimum Gasteiger partial charge on any atom is -0.493 e. The van der Waals surface area contributed by atoms with Gasteiger partial charge in [-0.05, 0) is 52.9 Å². The minimum atomic E-state index is -0.338. The number of hydrogen-bond acceptors (Lipinski definition) is 4. The molecule has 1 atom stereocenters. The first-order valence-electron chi connectivity index (χ1n) is 10.6. The molecule has 3 rings (SSSR count). The van der Waals surface area contributed by atoms with E-state index in [0.717, 1.165) is 11.3 Å². The maximum Gasteiger partial charge on any atom is 0.165 e. The van der Waals surface area contributed by atoms with Crippen LogP contribution in [-0.4, -0.2) is 20.0 Å². The summed E-state index contributed by atoms with van der Waals surface area (Å²) in [5, 5.41) is 3.36. The van der Waals surface area contributed by atoms with Gasteiger partial charge < -0.3 is 14.8 Å². The highest BCUT2D eigenvalue weighted by molar-refractivity contribution is 5.96. The SMILES string of the molecule is COc1ccc([C@H](CC(=O)c2ccc(C(C)(C)C)cc2)Nc2ccc(F)cc2)cc1OC. The molecule has 0 aliphatic heterocycles. The van der Waals surface area contributed by atoms with Crippen LogP contribution in [0.3, 0.4) is 0 Å². The van der Waals surface area contributed by atoms with Gasteiger partial charge >= 0.3 is 0 Å². The molecule has 0 unspecified atom stereocenters. The van der Waals surface area contributed by atoms with Gasteiger partial charge in [0.25, 0.3) is 0 Å². The average molecular weight is 436 g/mol. The van der Waals surface area contributed by atoms with E-state index in [1.165, 1.54) is 17.7 Å². The molecule has 0 aromatic heterocycles. The fraction of sp³-hybridized carbons (Fsp3) is 0.296. The van der Waals surface area contributed by atoms with Gasteiger partial charge in [-0.25, -0.2) is 4.39 Å². The quantitative estimate of drug-likeness (QED) is 0.407. The largest absolute Gasteiger partial charge is 0.493 e. The zero-order chi connectivity index (χ0) is 23.3. The summed E-state index contributed by atoms with van der Waals surface area (Å²) < 4.78 is 24.1. The fourth-order valence-electron chi connectivity index (χ4n) is 3.53. The number of methoxy groups -OCH3 is 2. The molecule has 0 heterocycles. The van der Waals surface area contributed by atoms with Crippen molar-refractivity contribution < 1.29 is 18.7 Å². The second kappa shape index (κ2) is 9.86. The maximum absolute atomic E-state index is 13.4. The summed E-state index contributed by atoms with van der Waals surface area (Å²) in [6.07, 6.45) is 0.224. The molecule has 0 fully saturated rings. The third kappa shape index (κ3) is 5.67. The molecule has 0 aliphatic rings. The van der Waals surface area contributed by atoms with Crippen LogP contribution in [0.15, 0.2) is 66.7 Å². The number of Topliss-reactive ketones (excluding diaryl/α,β-unsaturated/α-hetero) is 1. The Morgan fingerprint density at radius 3 is 2.09 bits per heavy atom. The van der Waals surface area contributed by atoms with Crippen LogP contribution in [0.2, 0.25) is 0 Å². The molecule has 0 amide bonds. The second-order valence-electron chi connectivity index (χ2n) is 8.77. The molecule has 4 nitrogen and oxygen atoms in total. The molecular weight excluding hydrogens is 405 g/mol. The monoisotopic (exact) mass is 435 g/mol. The molecule has 0 spiro atoms. The van der Waals surface area contributed by atoms with E-state index in [1.807, 2.05) is 42.5 Å². The maximum atomic E-state index is 13.4. The van der Waals surface area contributed by atoms with Gasteiger partial charge in [0.1, 0.15) is 5.82 Å². The number of rotatable bonds is 8. The number of carbonyl (C=O) groups is 1. The van der Waals surface area contributed by atoms with Crippen molar-refractivity contribution in [3.63, 3.8) is 0 Å². The van der Waals surface area contributed by atoms with E-state index in [-0.39, 0.29) is 29.5 Å². The van der Waals surface area contributed by atoms with Crippen molar-refractivity contribution in [1.82, 2.24) is 0 Å². The Kier molecular flexibility index (Phi) is 7.18. The summed E-state index contributed by atoms with van der Waals surface area (Å²) >= 11 is 0. The third-order valence-corrected chi connectivity index (χ3v) is 5.46. The first-order chi connectivity index (χ1) is 15.2. The van der Waals surface area contributed by atoms with Gasteiger partial charge in [-0.15, -0.1) is 0 Å². The first kappa shape index (κ1) is 23.3. The van der Waals surface area contributed by atoms with Crippen LogP contribution in [0.4, 0.5) is 10.1 Å². The molecule has 0 saturated carbocycles. The van der Waals surface area contributed by atoms with Gasteiger partial charge in [0.05, 0.1) is 20.3 Å². The zero-order valence-corrected chi connectivity index (χ0v) is 19.2.